The predicted molar refractivity (Wildman–Crippen MR) is 97.9 cm³/mol. The molecule has 7 heteroatoms. The van der Waals surface area contributed by atoms with E-state index in [1.54, 1.807) is 18.3 Å². The Bertz CT molecular complexity index is 1020. The SMILES string of the molecule is Cc1ccn2c(F)c(C(=O)N3CCNC(=O)[C@H]3Cc3ccccc3)nc2c1. The zero-order valence-electron chi connectivity index (χ0n) is 14.9. The number of aryl methyl sites for hydroxylation is 1. The van der Waals surface area contributed by atoms with Crippen LogP contribution in [0.5, 0.6) is 0 Å². The number of piperazine rings is 1. The van der Waals surface area contributed by atoms with Crippen LogP contribution in [0, 0.1) is 12.9 Å². The third-order valence-electron chi connectivity index (χ3n) is 4.79. The molecule has 0 unspecified atom stereocenters. The monoisotopic (exact) mass is 366 g/mol. The van der Waals surface area contributed by atoms with Crippen molar-refractivity contribution in [2.45, 2.75) is 19.4 Å². The van der Waals surface area contributed by atoms with E-state index in [9.17, 15) is 14.0 Å². The molecule has 27 heavy (non-hydrogen) atoms. The Balaban J connectivity index is 1.68. The quantitative estimate of drug-likeness (QED) is 0.771. The third-order valence-corrected chi connectivity index (χ3v) is 4.79. The van der Waals surface area contributed by atoms with Crippen molar-refractivity contribution in [3.63, 3.8) is 0 Å². The van der Waals surface area contributed by atoms with Crippen molar-refractivity contribution in [1.29, 1.82) is 0 Å². The fourth-order valence-corrected chi connectivity index (χ4v) is 3.39. The second kappa shape index (κ2) is 6.83. The molecule has 0 radical (unpaired) electrons. The molecule has 2 aromatic heterocycles. The number of pyridine rings is 1. The standard InChI is InChI=1S/C20H19FN4O2/c1-13-7-9-25-16(11-13)23-17(18(25)21)20(27)24-10-8-22-19(26)15(24)12-14-5-3-2-4-6-14/h2-7,9,11,15H,8,10,12H2,1H3,(H,22,26)/t15-/m1/s1. The summed E-state index contributed by atoms with van der Waals surface area (Å²) in [4.78, 5) is 31.1. The molecule has 1 saturated heterocycles. The van der Waals surface area contributed by atoms with E-state index in [2.05, 4.69) is 10.3 Å². The lowest BCUT2D eigenvalue weighted by molar-refractivity contribution is -0.127. The van der Waals surface area contributed by atoms with E-state index in [1.165, 1.54) is 9.30 Å². The van der Waals surface area contributed by atoms with E-state index >= 15 is 0 Å². The normalized spacial score (nSPS) is 17.2. The van der Waals surface area contributed by atoms with Crippen molar-refractivity contribution < 1.29 is 14.0 Å². The second-order valence-electron chi connectivity index (χ2n) is 6.68. The molecule has 3 heterocycles. The number of hydrogen-bond acceptors (Lipinski definition) is 3. The third kappa shape index (κ3) is 3.16. The molecule has 0 spiro atoms. The Morgan fingerprint density at radius 1 is 1.30 bits per heavy atom. The van der Waals surface area contributed by atoms with Crippen molar-refractivity contribution in [2.75, 3.05) is 13.1 Å². The number of nitrogens with zero attached hydrogens (tertiary/aromatic N) is 3. The zero-order chi connectivity index (χ0) is 19.0. The van der Waals surface area contributed by atoms with Gasteiger partial charge in [0.15, 0.2) is 5.69 Å². The first-order valence-electron chi connectivity index (χ1n) is 8.81. The van der Waals surface area contributed by atoms with Gasteiger partial charge in [0.2, 0.25) is 11.9 Å². The van der Waals surface area contributed by atoms with Crippen LogP contribution in [-0.2, 0) is 11.2 Å². The van der Waals surface area contributed by atoms with Crippen molar-refractivity contribution in [3.05, 3.63) is 71.4 Å². The summed E-state index contributed by atoms with van der Waals surface area (Å²) in [6.07, 6.45) is 1.92. The number of halogens is 1. The fraction of sp³-hybridized carbons (Fsp3) is 0.250. The van der Waals surface area contributed by atoms with Crippen LogP contribution >= 0.6 is 0 Å². The molecular weight excluding hydrogens is 347 g/mol. The van der Waals surface area contributed by atoms with Crippen LogP contribution in [0.25, 0.3) is 5.65 Å². The minimum Gasteiger partial charge on any atom is -0.353 e. The molecule has 1 N–H and O–H groups in total. The smallest absolute Gasteiger partial charge is 0.278 e. The van der Waals surface area contributed by atoms with Gasteiger partial charge < -0.3 is 10.2 Å². The molecule has 1 atom stereocenters. The first-order valence-corrected chi connectivity index (χ1v) is 8.81. The van der Waals surface area contributed by atoms with Gasteiger partial charge >= 0.3 is 0 Å². The zero-order valence-corrected chi connectivity index (χ0v) is 14.9. The summed E-state index contributed by atoms with van der Waals surface area (Å²) in [6, 6.07) is 12.2. The molecule has 138 valence electrons. The van der Waals surface area contributed by atoms with Crippen molar-refractivity contribution in [2.24, 2.45) is 0 Å². The fourth-order valence-electron chi connectivity index (χ4n) is 3.39. The molecular formula is C20H19FN4O2. The number of imidazole rings is 1. The minimum atomic E-state index is -0.709. The molecule has 0 saturated carbocycles. The largest absolute Gasteiger partial charge is 0.353 e. The van der Waals surface area contributed by atoms with E-state index < -0.39 is 17.9 Å². The van der Waals surface area contributed by atoms with E-state index in [-0.39, 0.29) is 11.6 Å². The van der Waals surface area contributed by atoms with E-state index in [0.29, 0.717) is 25.2 Å². The van der Waals surface area contributed by atoms with Gasteiger partial charge in [-0.15, -0.1) is 0 Å². The van der Waals surface area contributed by atoms with Crippen LogP contribution in [-0.4, -0.2) is 45.2 Å². The number of rotatable bonds is 3. The summed E-state index contributed by atoms with van der Waals surface area (Å²) in [5.41, 5.74) is 1.97. The summed E-state index contributed by atoms with van der Waals surface area (Å²) in [5, 5.41) is 2.79. The Kier molecular flexibility index (Phi) is 4.35. The number of fused-ring (bicyclic) bond motifs is 1. The lowest BCUT2D eigenvalue weighted by atomic mass is 10.0. The van der Waals surface area contributed by atoms with Gasteiger partial charge in [-0.1, -0.05) is 30.3 Å². The van der Waals surface area contributed by atoms with Crippen molar-refractivity contribution in [3.8, 4) is 0 Å². The maximum Gasteiger partial charge on any atom is 0.278 e. The molecule has 3 aromatic rings. The van der Waals surface area contributed by atoms with E-state index in [1.807, 2.05) is 37.3 Å². The molecule has 0 bridgehead atoms. The van der Waals surface area contributed by atoms with Crippen molar-refractivity contribution >= 4 is 17.5 Å². The Hall–Kier alpha value is -3.22. The van der Waals surface area contributed by atoms with Crippen LogP contribution in [0.15, 0.2) is 48.7 Å². The van der Waals surface area contributed by atoms with E-state index in [0.717, 1.165) is 11.1 Å². The van der Waals surface area contributed by atoms with Crippen LogP contribution in [0.4, 0.5) is 4.39 Å². The number of carbonyl (C=O) groups excluding carboxylic acids is 2. The highest BCUT2D eigenvalue weighted by Gasteiger charge is 2.36. The first kappa shape index (κ1) is 17.2. The molecule has 4 rings (SSSR count). The van der Waals surface area contributed by atoms with Crippen LogP contribution in [0.2, 0.25) is 0 Å². The maximum atomic E-state index is 14.8. The minimum absolute atomic E-state index is 0.238. The highest BCUT2D eigenvalue weighted by Crippen LogP contribution is 2.19. The number of aromatic nitrogens is 2. The lowest BCUT2D eigenvalue weighted by Gasteiger charge is -2.34. The van der Waals surface area contributed by atoms with Crippen LogP contribution < -0.4 is 5.32 Å². The van der Waals surface area contributed by atoms with Gasteiger partial charge in [-0.3, -0.25) is 14.0 Å². The predicted octanol–water partition coefficient (Wildman–Crippen LogP) is 1.97. The Morgan fingerprint density at radius 3 is 2.85 bits per heavy atom. The van der Waals surface area contributed by atoms with Gasteiger partial charge in [0.1, 0.15) is 11.7 Å². The number of amides is 2. The number of benzene rings is 1. The molecule has 1 fully saturated rings. The number of nitrogens with one attached hydrogen (secondary N) is 1. The summed E-state index contributed by atoms with van der Waals surface area (Å²) >= 11 is 0. The highest BCUT2D eigenvalue weighted by atomic mass is 19.1. The van der Waals surface area contributed by atoms with Crippen LogP contribution in [0.3, 0.4) is 0 Å². The molecule has 1 aliphatic heterocycles. The Morgan fingerprint density at radius 2 is 2.07 bits per heavy atom. The Labute approximate surface area is 155 Å². The van der Waals surface area contributed by atoms with Gasteiger partial charge in [0, 0.05) is 25.7 Å². The highest BCUT2D eigenvalue weighted by molar-refractivity contribution is 5.97. The lowest BCUT2D eigenvalue weighted by Crippen LogP contribution is -2.58. The summed E-state index contributed by atoms with van der Waals surface area (Å²) < 4.78 is 16.0. The maximum absolute atomic E-state index is 14.8. The van der Waals surface area contributed by atoms with E-state index in [4.69, 9.17) is 0 Å². The molecule has 6 nitrogen and oxygen atoms in total. The topological polar surface area (TPSA) is 66.7 Å². The molecule has 0 aliphatic carbocycles. The first-order chi connectivity index (χ1) is 13.0. The number of carbonyl (C=O) groups is 2. The molecule has 1 aliphatic rings. The summed E-state index contributed by atoms with van der Waals surface area (Å²) in [6.45, 7) is 2.53. The number of hydrogen-bond donors (Lipinski definition) is 1. The summed E-state index contributed by atoms with van der Waals surface area (Å²) in [7, 11) is 0. The van der Waals surface area contributed by atoms with Crippen LogP contribution in [0.1, 0.15) is 21.6 Å². The summed E-state index contributed by atoms with van der Waals surface area (Å²) in [5.74, 6) is -1.51. The second-order valence-corrected chi connectivity index (χ2v) is 6.68. The average Bonchev–Trinajstić information content (AvgIpc) is 2.99. The van der Waals surface area contributed by atoms with Gasteiger partial charge in [0.05, 0.1) is 0 Å². The molecule has 1 aromatic carbocycles. The average molecular weight is 366 g/mol. The van der Waals surface area contributed by atoms with Gasteiger partial charge in [-0.2, -0.15) is 4.39 Å². The molecule has 2 amide bonds. The van der Waals surface area contributed by atoms with Crippen molar-refractivity contribution in [1.82, 2.24) is 19.6 Å². The van der Waals surface area contributed by atoms with Gasteiger partial charge in [-0.25, -0.2) is 4.98 Å². The van der Waals surface area contributed by atoms with Gasteiger partial charge in [-0.05, 0) is 30.2 Å². The van der Waals surface area contributed by atoms with Gasteiger partial charge in [0.25, 0.3) is 5.91 Å².